The van der Waals surface area contributed by atoms with E-state index in [0.717, 1.165) is 11.3 Å². The molecule has 1 amide bonds. The molecule has 0 unspecified atom stereocenters. The van der Waals surface area contributed by atoms with E-state index in [0.29, 0.717) is 23.8 Å². The van der Waals surface area contributed by atoms with Crippen LogP contribution in [-0.4, -0.2) is 38.8 Å². The van der Waals surface area contributed by atoms with Gasteiger partial charge in [0.15, 0.2) is 17.6 Å². The molecule has 0 saturated carbocycles. The molecule has 0 aliphatic rings. The van der Waals surface area contributed by atoms with Crippen LogP contribution in [0.5, 0.6) is 17.2 Å². The van der Waals surface area contributed by atoms with Crippen molar-refractivity contribution in [1.29, 1.82) is 0 Å². The van der Waals surface area contributed by atoms with Gasteiger partial charge in [-0.1, -0.05) is 12.1 Å². The van der Waals surface area contributed by atoms with Crippen molar-refractivity contribution in [1.82, 2.24) is 0 Å². The first-order valence-corrected chi connectivity index (χ1v) is 9.11. The van der Waals surface area contributed by atoms with Crippen LogP contribution >= 0.6 is 0 Å². The Hall–Kier alpha value is -3.48. The molecule has 0 radical (unpaired) electrons. The van der Waals surface area contributed by atoms with Crippen molar-refractivity contribution < 1.29 is 28.5 Å². The summed E-state index contributed by atoms with van der Waals surface area (Å²) in [5, 5.41) is 2.68. The normalized spacial score (nSPS) is 11.6. The monoisotopic (exact) mass is 399 g/mol. The molecule has 2 aromatic rings. The molecule has 7 nitrogen and oxygen atoms in total. The Labute approximate surface area is 170 Å². The Morgan fingerprint density at radius 3 is 2.34 bits per heavy atom. The van der Waals surface area contributed by atoms with Gasteiger partial charge in [0, 0.05) is 17.8 Å². The van der Waals surface area contributed by atoms with Gasteiger partial charge < -0.3 is 24.3 Å². The van der Waals surface area contributed by atoms with E-state index in [-0.39, 0.29) is 0 Å². The fourth-order valence-electron chi connectivity index (χ4n) is 2.43. The Bertz CT molecular complexity index is 860. The van der Waals surface area contributed by atoms with Gasteiger partial charge in [-0.05, 0) is 49.8 Å². The molecule has 0 aliphatic carbocycles. The number of esters is 1. The van der Waals surface area contributed by atoms with Crippen LogP contribution in [0.4, 0.5) is 5.69 Å². The quantitative estimate of drug-likeness (QED) is 0.512. The maximum Gasteiger partial charge on any atom is 0.331 e. The van der Waals surface area contributed by atoms with Gasteiger partial charge >= 0.3 is 5.97 Å². The Morgan fingerprint density at radius 1 is 1.03 bits per heavy atom. The lowest BCUT2D eigenvalue weighted by Crippen LogP contribution is -2.29. The first-order valence-electron chi connectivity index (χ1n) is 9.11. The lowest BCUT2D eigenvalue weighted by molar-refractivity contribution is -0.148. The largest absolute Gasteiger partial charge is 0.494 e. The summed E-state index contributed by atoms with van der Waals surface area (Å²) in [7, 11) is 3.03. The van der Waals surface area contributed by atoms with Gasteiger partial charge in [-0.3, -0.25) is 4.79 Å². The number of carbonyl (C=O) groups is 2. The number of ether oxygens (including phenoxy) is 4. The molecule has 29 heavy (non-hydrogen) atoms. The van der Waals surface area contributed by atoms with Crippen LogP contribution in [-0.2, 0) is 14.3 Å². The number of hydrogen-bond donors (Lipinski definition) is 1. The molecule has 2 rings (SSSR count). The zero-order chi connectivity index (χ0) is 21.2. The molecule has 2 aromatic carbocycles. The van der Waals surface area contributed by atoms with E-state index in [9.17, 15) is 9.59 Å². The molecule has 0 heterocycles. The molecular weight excluding hydrogens is 374 g/mol. The highest BCUT2D eigenvalue weighted by molar-refractivity contribution is 5.96. The Balaban J connectivity index is 1.90. The predicted octanol–water partition coefficient (Wildman–Crippen LogP) is 3.69. The average Bonchev–Trinajstić information content (AvgIpc) is 2.73. The van der Waals surface area contributed by atoms with Crippen molar-refractivity contribution >= 4 is 23.6 Å². The molecule has 0 spiro atoms. The second-order valence-electron chi connectivity index (χ2n) is 5.97. The van der Waals surface area contributed by atoms with E-state index in [1.165, 1.54) is 27.2 Å². The number of rotatable bonds is 9. The van der Waals surface area contributed by atoms with E-state index in [1.54, 1.807) is 24.3 Å². The lowest BCUT2D eigenvalue weighted by Gasteiger charge is -2.14. The van der Waals surface area contributed by atoms with E-state index in [2.05, 4.69) is 5.32 Å². The summed E-state index contributed by atoms with van der Waals surface area (Å²) in [4.78, 5) is 24.3. The summed E-state index contributed by atoms with van der Waals surface area (Å²) < 4.78 is 20.9. The third kappa shape index (κ3) is 6.57. The summed E-state index contributed by atoms with van der Waals surface area (Å²) in [5.74, 6) is 0.708. The summed E-state index contributed by atoms with van der Waals surface area (Å²) in [5.41, 5.74) is 1.31. The maximum atomic E-state index is 12.3. The molecule has 0 aromatic heterocycles. The van der Waals surface area contributed by atoms with E-state index in [4.69, 9.17) is 18.9 Å². The highest BCUT2D eigenvalue weighted by Crippen LogP contribution is 2.29. The van der Waals surface area contributed by atoms with Crippen LogP contribution in [0.1, 0.15) is 19.4 Å². The van der Waals surface area contributed by atoms with Gasteiger partial charge in [-0.2, -0.15) is 0 Å². The highest BCUT2D eigenvalue weighted by Gasteiger charge is 2.17. The minimum absolute atomic E-state index is 0.458. The first kappa shape index (κ1) is 21.8. The van der Waals surface area contributed by atoms with E-state index >= 15 is 0 Å². The van der Waals surface area contributed by atoms with Gasteiger partial charge in [-0.15, -0.1) is 0 Å². The molecule has 0 saturated heterocycles. The maximum absolute atomic E-state index is 12.3. The zero-order valence-corrected chi connectivity index (χ0v) is 16.9. The van der Waals surface area contributed by atoms with Crippen molar-refractivity contribution in [3.63, 3.8) is 0 Å². The first-order chi connectivity index (χ1) is 14.0. The van der Waals surface area contributed by atoms with E-state index < -0.39 is 18.0 Å². The fourth-order valence-corrected chi connectivity index (χ4v) is 2.43. The number of anilines is 1. The van der Waals surface area contributed by atoms with Crippen LogP contribution in [0.15, 0.2) is 48.5 Å². The topological polar surface area (TPSA) is 83.1 Å². The minimum atomic E-state index is -0.972. The highest BCUT2D eigenvalue weighted by atomic mass is 16.5. The zero-order valence-electron chi connectivity index (χ0n) is 16.9. The number of carbonyl (C=O) groups excluding carboxylic acids is 2. The number of amides is 1. The van der Waals surface area contributed by atoms with Crippen molar-refractivity contribution in [2.75, 3.05) is 26.1 Å². The van der Waals surface area contributed by atoms with Crippen molar-refractivity contribution in [3.8, 4) is 17.2 Å². The van der Waals surface area contributed by atoms with Crippen LogP contribution in [0.2, 0.25) is 0 Å². The fraction of sp³-hybridized carbons (Fsp3) is 0.273. The molecule has 7 heteroatoms. The van der Waals surface area contributed by atoms with Gasteiger partial charge in [0.25, 0.3) is 5.91 Å². The predicted molar refractivity (Wildman–Crippen MR) is 110 cm³/mol. The molecule has 1 N–H and O–H groups in total. The van der Waals surface area contributed by atoms with Crippen molar-refractivity contribution in [3.05, 3.63) is 54.1 Å². The summed E-state index contributed by atoms with van der Waals surface area (Å²) >= 11 is 0. The summed E-state index contributed by atoms with van der Waals surface area (Å²) in [6.07, 6.45) is 1.91. The molecule has 1 atom stereocenters. The SMILES string of the molecule is CCOc1ccc(/C=C/C(=O)O[C@H](C)C(=O)Nc2ccc(OC)c(OC)c2)cc1. The third-order valence-corrected chi connectivity index (χ3v) is 3.92. The van der Waals surface area contributed by atoms with Crippen LogP contribution in [0.25, 0.3) is 6.08 Å². The van der Waals surface area contributed by atoms with E-state index in [1.807, 2.05) is 31.2 Å². The molecule has 154 valence electrons. The second kappa shape index (κ2) is 10.8. The average molecular weight is 399 g/mol. The molecule has 0 aliphatic heterocycles. The summed E-state index contributed by atoms with van der Waals surface area (Å²) in [6.45, 7) is 4.00. The summed E-state index contributed by atoms with van der Waals surface area (Å²) in [6, 6.07) is 12.2. The van der Waals surface area contributed by atoms with Crippen LogP contribution in [0.3, 0.4) is 0 Å². The number of hydrogen-bond acceptors (Lipinski definition) is 6. The molecule has 0 fully saturated rings. The minimum Gasteiger partial charge on any atom is -0.494 e. The van der Waals surface area contributed by atoms with Gasteiger partial charge in [0.1, 0.15) is 5.75 Å². The van der Waals surface area contributed by atoms with Gasteiger partial charge in [0.05, 0.1) is 20.8 Å². The smallest absolute Gasteiger partial charge is 0.331 e. The van der Waals surface area contributed by atoms with Gasteiger partial charge in [-0.25, -0.2) is 4.79 Å². The number of methoxy groups -OCH3 is 2. The third-order valence-electron chi connectivity index (χ3n) is 3.92. The van der Waals surface area contributed by atoms with Crippen LogP contribution in [0, 0.1) is 0 Å². The molecule has 0 bridgehead atoms. The van der Waals surface area contributed by atoms with Gasteiger partial charge in [0.2, 0.25) is 0 Å². The Kier molecular flexibility index (Phi) is 8.09. The molecular formula is C22H25NO6. The standard InChI is InChI=1S/C22H25NO6/c1-5-28-18-10-6-16(7-11-18)8-13-21(24)29-15(2)22(25)23-17-9-12-19(26-3)20(14-17)27-4/h6-15H,5H2,1-4H3,(H,23,25)/b13-8+/t15-/m1/s1. The second-order valence-corrected chi connectivity index (χ2v) is 5.97. The number of benzene rings is 2. The van der Waals surface area contributed by atoms with Crippen LogP contribution < -0.4 is 19.5 Å². The lowest BCUT2D eigenvalue weighted by atomic mass is 10.2. The van der Waals surface area contributed by atoms with Crippen molar-refractivity contribution in [2.45, 2.75) is 20.0 Å². The Morgan fingerprint density at radius 2 is 1.72 bits per heavy atom. The number of nitrogens with one attached hydrogen (secondary N) is 1. The van der Waals surface area contributed by atoms with Crippen molar-refractivity contribution in [2.24, 2.45) is 0 Å².